The molecule has 1 amide bonds. The van der Waals surface area contributed by atoms with Crippen LogP contribution in [0, 0.1) is 6.92 Å². The van der Waals surface area contributed by atoms with Crippen LogP contribution in [-0.4, -0.2) is 29.1 Å². The molecule has 1 atom stereocenters. The summed E-state index contributed by atoms with van der Waals surface area (Å²) in [5.41, 5.74) is 5.18. The van der Waals surface area contributed by atoms with Gasteiger partial charge in [0.1, 0.15) is 0 Å². The summed E-state index contributed by atoms with van der Waals surface area (Å²) in [6.07, 6.45) is 0.800. The van der Waals surface area contributed by atoms with Gasteiger partial charge >= 0.3 is 5.97 Å². The van der Waals surface area contributed by atoms with Crippen molar-refractivity contribution in [3.05, 3.63) is 93.7 Å². The van der Waals surface area contributed by atoms with E-state index in [0.29, 0.717) is 24.2 Å². The first-order valence-corrected chi connectivity index (χ1v) is 11.8. The number of amidine groups is 1. The van der Waals surface area contributed by atoms with Gasteiger partial charge in [-0.05, 0) is 29.9 Å². The van der Waals surface area contributed by atoms with Gasteiger partial charge in [-0.2, -0.15) is 0 Å². The topological polar surface area (TPSA) is 71.0 Å². The molecule has 7 heteroatoms. The maximum atomic E-state index is 12.9. The van der Waals surface area contributed by atoms with Gasteiger partial charge in [0.25, 0.3) is 0 Å². The van der Waals surface area contributed by atoms with E-state index in [1.165, 1.54) is 18.9 Å². The van der Waals surface area contributed by atoms with E-state index in [1.807, 2.05) is 78.8 Å². The summed E-state index contributed by atoms with van der Waals surface area (Å²) in [7, 11) is 1.39. The van der Waals surface area contributed by atoms with Crippen LogP contribution in [0.2, 0.25) is 0 Å². The van der Waals surface area contributed by atoms with Gasteiger partial charge in [0.05, 0.1) is 30.8 Å². The maximum Gasteiger partial charge on any atom is 0.338 e. The van der Waals surface area contributed by atoms with E-state index in [4.69, 9.17) is 9.73 Å². The highest BCUT2D eigenvalue weighted by Crippen LogP contribution is 2.45. The van der Waals surface area contributed by atoms with Crippen molar-refractivity contribution in [3.8, 4) is 0 Å². The summed E-state index contributed by atoms with van der Waals surface area (Å²) in [4.78, 5) is 32.4. The number of rotatable bonds is 7. The minimum atomic E-state index is -0.399. The van der Waals surface area contributed by atoms with Gasteiger partial charge in [-0.1, -0.05) is 78.8 Å². The van der Waals surface area contributed by atoms with Crippen molar-refractivity contribution < 1.29 is 14.3 Å². The van der Waals surface area contributed by atoms with Crippen molar-refractivity contribution >= 4 is 28.8 Å². The van der Waals surface area contributed by atoms with Gasteiger partial charge in [0.15, 0.2) is 5.17 Å². The van der Waals surface area contributed by atoms with Gasteiger partial charge in [0.2, 0.25) is 5.91 Å². The second-order valence-corrected chi connectivity index (χ2v) is 8.79. The van der Waals surface area contributed by atoms with Gasteiger partial charge < -0.3 is 15.0 Å². The molecule has 0 saturated heterocycles. The molecule has 170 valence electrons. The van der Waals surface area contributed by atoms with E-state index in [1.54, 1.807) is 0 Å². The molecule has 2 aromatic rings. The van der Waals surface area contributed by atoms with E-state index in [0.717, 1.165) is 27.6 Å². The predicted molar refractivity (Wildman–Crippen MR) is 131 cm³/mol. The zero-order valence-electron chi connectivity index (χ0n) is 19.0. The lowest BCUT2D eigenvalue weighted by atomic mass is 9.92. The van der Waals surface area contributed by atoms with E-state index in [2.05, 4.69) is 5.32 Å². The smallest absolute Gasteiger partial charge is 0.338 e. The van der Waals surface area contributed by atoms with Crippen molar-refractivity contribution in [1.82, 2.24) is 10.2 Å². The normalized spacial score (nSPS) is 17.3. The number of amides is 1. The van der Waals surface area contributed by atoms with Crippen LogP contribution in [0.15, 0.2) is 82.0 Å². The summed E-state index contributed by atoms with van der Waals surface area (Å²) in [6.45, 7) is 4.48. The zero-order valence-corrected chi connectivity index (χ0v) is 19.8. The number of aliphatic imine (C=N–C) groups is 1. The molecule has 6 nitrogen and oxygen atoms in total. The summed E-state index contributed by atoms with van der Waals surface area (Å²) in [5, 5.41) is 5.72. The fourth-order valence-electron chi connectivity index (χ4n) is 4.00. The average molecular weight is 462 g/mol. The Hall–Kier alpha value is -3.32. The number of fused-ring (bicyclic) bond motifs is 1. The molecule has 2 aliphatic rings. The summed E-state index contributed by atoms with van der Waals surface area (Å²) in [5.74, 6) is -0.482. The Labute approximate surface area is 198 Å². The number of hydrogen-bond acceptors (Lipinski definition) is 6. The maximum absolute atomic E-state index is 12.9. The Morgan fingerprint density at radius 2 is 1.85 bits per heavy atom. The lowest BCUT2D eigenvalue weighted by molar-refractivity contribution is -0.136. The van der Waals surface area contributed by atoms with Crippen LogP contribution in [0.25, 0.3) is 0 Å². The number of nitrogens with zero attached hydrogens (tertiary/aromatic N) is 2. The fourth-order valence-corrected chi connectivity index (χ4v) is 4.94. The molecule has 0 fully saturated rings. The number of benzene rings is 2. The van der Waals surface area contributed by atoms with Crippen molar-refractivity contribution in [3.63, 3.8) is 0 Å². The molecule has 2 aromatic carbocycles. The van der Waals surface area contributed by atoms with Crippen LogP contribution in [0.1, 0.15) is 42.5 Å². The van der Waals surface area contributed by atoms with Gasteiger partial charge in [-0.25, -0.2) is 9.79 Å². The van der Waals surface area contributed by atoms with Crippen molar-refractivity contribution in [2.24, 2.45) is 4.99 Å². The molecule has 33 heavy (non-hydrogen) atoms. The number of esters is 1. The van der Waals surface area contributed by atoms with Crippen LogP contribution in [0.3, 0.4) is 0 Å². The Bertz CT molecular complexity index is 1140. The molecule has 0 aromatic heterocycles. The van der Waals surface area contributed by atoms with Crippen LogP contribution < -0.4 is 5.32 Å². The molecular formula is C26H27N3O3S. The first kappa shape index (κ1) is 22.9. The summed E-state index contributed by atoms with van der Waals surface area (Å²) >= 11 is 1.48. The average Bonchev–Trinajstić information content (AvgIpc) is 3.24. The molecule has 2 heterocycles. The first-order valence-electron chi connectivity index (χ1n) is 10.9. The lowest BCUT2D eigenvalue weighted by Gasteiger charge is -2.36. The summed E-state index contributed by atoms with van der Waals surface area (Å²) in [6, 6.07) is 17.5. The highest BCUT2D eigenvalue weighted by atomic mass is 32.2. The number of nitrogens with one attached hydrogen (secondary N) is 1. The van der Waals surface area contributed by atoms with E-state index in [9.17, 15) is 9.59 Å². The third kappa shape index (κ3) is 4.88. The molecule has 1 unspecified atom stereocenters. The minimum absolute atomic E-state index is 0.0838. The monoisotopic (exact) mass is 461 g/mol. The lowest BCUT2D eigenvalue weighted by Crippen LogP contribution is -2.38. The SMILES string of the molecule is CCC1=C(C(=O)OC)C(c2ccc(C)cc2)N2C(CC(=O)NCc3ccccc3)=CSC2=N1. The van der Waals surface area contributed by atoms with E-state index >= 15 is 0 Å². The Kier molecular flexibility index (Phi) is 6.99. The highest BCUT2D eigenvalue weighted by molar-refractivity contribution is 8.16. The Morgan fingerprint density at radius 3 is 2.52 bits per heavy atom. The molecule has 0 radical (unpaired) electrons. The van der Waals surface area contributed by atoms with E-state index < -0.39 is 12.0 Å². The third-order valence-electron chi connectivity index (χ3n) is 5.70. The number of hydrogen-bond donors (Lipinski definition) is 1. The van der Waals surface area contributed by atoms with Crippen molar-refractivity contribution in [1.29, 1.82) is 0 Å². The largest absolute Gasteiger partial charge is 0.466 e. The predicted octanol–water partition coefficient (Wildman–Crippen LogP) is 4.84. The van der Waals surface area contributed by atoms with Crippen LogP contribution in [-0.2, 0) is 20.9 Å². The van der Waals surface area contributed by atoms with Crippen LogP contribution >= 0.6 is 11.8 Å². The number of carbonyl (C=O) groups is 2. The Morgan fingerprint density at radius 1 is 1.12 bits per heavy atom. The molecule has 1 N–H and O–H groups in total. The third-order valence-corrected chi connectivity index (χ3v) is 6.59. The number of allylic oxidation sites excluding steroid dienone is 1. The molecule has 2 aliphatic heterocycles. The second-order valence-electron chi connectivity index (χ2n) is 7.95. The molecule has 4 rings (SSSR count). The molecule has 0 aliphatic carbocycles. The van der Waals surface area contributed by atoms with Crippen molar-refractivity contribution in [2.45, 2.75) is 39.3 Å². The Balaban J connectivity index is 1.63. The number of ether oxygens (including phenoxy) is 1. The number of aryl methyl sites for hydroxylation is 1. The van der Waals surface area contributed by atoms with Crippen LogP contribution in [0.5, 0.6) is 0 Å². The molecule has 0 saturated carbocycles. The summed E-state index contributed by atoms with van der Waals surface area (Å²) < 4.78 is 5.15. The molecular weight excluding hydrogens is 434 g/mol. The fraction of sp³-hybridized carbons (Fsp3) is 0.269. The van der Waals surface area contributed by atoms with Gasteiger partial charge in [0, 0.05) is 12.2 Å². The second kappa shape index (κ2) is 10.1. The minimum Gasteiger partial charge on any atom is -0.466 e. The number of methoxy groups -OCH3 is 1. The van der Waals surface area contributed by atoms with E-state index in [-0.39, 0.29) is 12.3 Å². The number of carbonyl (C=O) groups excluding carboxylic acids is 2. The quantitative estimate of drug-likeness (QED) is 0.598. The standard InChI is InChI=1S/C26H27N3O3S/c1-4-21-23(25(31)32-3)24(19-12-10-17(2)11-13-19)29-20(16-33-26(29)28-21)14-22(30)27-15-18-8-6-5-7-9-18/h5-13,16,24H,4,14-15H2,1-3H3,(H,27,30). The van der Waals surface area contributed by atoms with Crippen molar-refractivity contribution in [2.75, 3.05) is 7.11 Å². The molecule has 0 bridgehead atoms. The van der Waals surface area contributed by atoms with Gasteiger partial charge in [-0.3, -0.25) is 4.79 Å². The molecule has 0 spiro atoms. The number of thioether (sulfide) groups is 1. The zero-order chi connectivity index (χ0) is 23.4. The first-order chi connectivity index (χ1) is 16.0. The van der Waals surface area contributed by atoms with Gasteiger partial charge in [-0.15, -0.1) is 0 Å². The highest BCUT2D eigenvalue weighted by Gasteiger charge is 2.41. The van der Waals surface area contributed by atoms with Crippen LogP contribution in [0.4, 0.5) is 0 Å².